The molecule has 3 aromatic rings. The van der Waals surface area contributed by atoms with Crippen molar-refractivity contribution in [2.75, 3.05) is 19.8 Å². The second kappa shape index (κ2) is 10.8. The quantitative estimate of drug-likeness (QED) is 0.377. The maximum Gasteiger partial charge on any atom is 0.407 e. The van der Waals surface area contributed by atoms with Crippen LogP contribution in [0.3, 0.4) is 0 Å². The van der Waals surface area contributed by atoms with Crippen molar-refractivity contribution in [2.45, 2.75) is 25.2 Å². The Morgan fingerprint density at radius 2 is 1.64 bits per heavy atom. The fourth-order valence-corrected chi connectivity index (χ4v) is 5.05. The number of fused-ring (bicyclic) bond motifs is 1. The summed E-state index contributed by atoms with van der Waals surface area (Å²) in [4.78, 5) is 23.8. The molecule has 0 fully saturated rings. The van der Waals surface area contributed by atoms with E-state index in [2.05, 4.69) is 5.32 Å². The van der Waals surface area contributed by atoms with Gasteiger partial charge in [0, 0.05) is 18.0 Å². The number of nitrogens with one attached hydrogen (secondary N) is 1. The summed E-state index contributed by atoms with van der Waals surface area (Å²) in [6.45, 7) is 4.06. The molecule has 0 saturated carbocycles. The molecule has 1 aromatic heterocycles. The van der Waals surface area contributed by atoms with Crippen LogP contribution >= 0.6 is 0 Å². The summed E-state index contributed by atoms with van der Waals surface area (Å²) in [6.07, 6.45) is 2.41. The third kappa shape index (κ3) is 5.43. The minimum absolute atomic E-state index is 0.118. The summed E-state index contributed by atoms with van der Waals surface area (Å²) in [7, 11) is -3.98. The molecule has 8 nitrogen and oxygen atoms in total. The van der Waals surface area contributed by atoms with Crippen LogP contribution in [0.1, 0.15) is 25.1 Å². The second-order valence-electron chi connectivity index (χ2n) is 6.95. The van der Waals surface area contributed by atoms with E-state index in [1.54, 1.807) is 44.2 Å². The number of hydrogen-bond donors (Lipinski definition) is 1. The molecular formula is C24H26N2O6S. The van der Waals surface area contributed by atoms with Crippen molar-refractivity contribution in [3.05, 3.63) is 71.9 Å². The first-order valence-corrected chi connectivity index (χ1v) is 12.0. The zero-order valence-electron chi connectivity index (χ0n) is 18.5. The van der Waals surface area contributed by atoms with Crippen LogP contribution in [0, 0.1) is 0 Å². The third-order valence-electron chi connectivity index (χ3n) is 4.84. The molecule has 0 aliphatic carbocycles. The van der Waals surface area contributed by atoms with Crippen LogP contribution in [-0.4, -0.2) is 44.2 Å². The van der Waals surface area contributed by atoms with E-state index < -0.39 is 22.1 Å². The Balaban J connectivity index is 2.17. The van der Waals surface area contributed by atoms with Crippen LogP contribution in [0.4, 0.5) is 4.79 Å². The average molecular weight is 471 g/mol. The molecule has 1 amide bonds. The van der Waals surface area contributed by atoms with Gasteiger partial charge in [0.25, 0.3) is 10.0 Å². The lowest BCUT2D eigenvalue weighted by Gasteiger charge is -2.11. The Morgan fingerprint density at radius 3 is 2.33 bits per heavy atom. The number of nitrogens with zero attached hydrogens (tertiary/aromatic N) is 1. The lowest BCUT2D eigenvalue weighted by atomic mass is 10.1. The summed E-state index contributed by atoms with van der Waals surface area (Å²) in [6, 6.07) is 15.2. The van der Waals surface area contributed by atoms with Gasteiger partial charge in [-0.1, -0.05) is 36.4 Å². The van der Waals surface area contributed by atoms with Crippen molar-refractivity contribution >= 4 is 39.1 Å². The van der Waals surface area contributed by atoms with E-state index in [1.165, 1.54) is 28.3 Å². The molecule has 0 bridgehead atoms. The molecule has 9 heteroatoms. The molecule has 174 valence electrons. The Labute approximate surface area is 192 Å². The van der Waals surface area contributed by atoms with Gasteiger partial charge in [-0.05, 0) is 50.1 Å². The van der Waals surface area contributed by atoms with E-state index in [1.807, 2.05) is 12.1 Å². The maximum atomic E-state index is 13.6. The van der Waals surface area contributed by atoms with Crippen molar-refractivity contribution in [1.29, 1.82) is 0 Å². The number of aromatic nitrogens is 1. The van der Waals surface area contributed by atoms with E-state index in [9.17, 15) is 18.0 Å². The van der Waals surface area contributed by atoms with Gasteiger partial charge in [-0.2, -0.15) is 0 Å². The summed E-state index contributed by atoms with van der Waals surface area (Å²) >= 11 is 0. The first-order valence-electron chi connectivity index (χ1n) is 10.6. The number of esters is 1. The van der Waals surface area contributed by atoms with E-state index in [4.69, 9.17) is 9.47 Å². The van der Waals surface area contributed by atoms with Crippen molar-refractivity contribution in [1.82, 2.24) is 9.29 Å². The van der Waals surface area contributed by atoms with Crippen LogP contribution < -0.4 is 5.32 Å². The number of ether oxygens (including phenoxy) is 2. The predicted octanol–water partition coefficient (Wildman–Crippen LogP) is 3.74. The Bertz CT molecular complexity index is 1260. The molecule has 0 saturated heterocycles. The molecule has 0 aliphatic heterocycles. The molecule has 0 radical (unpaired) electrons. The number of carbonyl (C=O) groups excluding carboxylic acids is 2. The van der Waals surface area contributed by atoms with Gasteiger partial charge >= 0.3 is 12.1 Å². The standard InChI is InChI=1S/C24H26N2O6S/c1-3-31-23(27)15-14-22-20(16-17-25-24(28)32-4-2)19-12-8-9-13-21(19)26(22)33(29,30)18-10-6-5-7-11-18/h5-15H,3-4,16-17H2,1-2H3,(H,25,28)/b15-14+. The van der Waals surface area contributed by atoms with Crippen molar-refractivity contribution in [2.24, 2.45) is 0 Å². The number of para-hydroxylation sites is 1. The highest BCUT2D eigenvalue weighted by atomic mass is 32.2. The zero-order valence-corrected chi connectivity index (χ0v) is 19.3. The summed E-state index contributed by atoms with van der Waals surface area (Å²) in [5.74, 6) is -0.581. The highest BCUT2D eigenvalue weighted by Gasteiger charge is 2.25. The second-order valence-corrected chi connectivity index (χ2v) is 8.73. The molecule has 3 rings (SSSR count). The maximum absolute atomic E-state index is 13.6. The lowest BCUT2D eigenvalue weighted by molar-refractivity contribution is -0.137. The van der Waals surface area contributed by atoms with Crippen LogP contribution in [0.5, 0.6) is 0 Å². The molecule has 0 aliphatic rings. The summed E-state index contributed by atoms with van der Waals surface area (Å²) in [5, 5.41) is 3.35. The Kier molecular flexibility index (Phi) is 7.89. The van der Waals surface area contributed by atoms with E-state index in [0.717, 1.165) is 0 Å². The topological polar surface area (TPSA) is 104 Å². The number of benzene rings is 2. The summed E-state index contributed by atoms with van der Waals surface area (Å²) in [5.41, 5.74) is 1.46. The molecule has 2 aromatic carbocycles. The number of carbonyl (C=O) groups is 2. The lowest BCUT2D eigenvalue weighted by Crippen LogP contribution is -2.26. The highest BCUT2D eigenvalue weighted by molar-refractivity contribution is 7.90. The molecule has 0 atom stereocenters. The fourth-order valence-electron chi connectivity index (χ4n) is 3.49. The monoisotopic (exact) mass is 470 g/mol. The number of rotatable bonds is 9. The van der Waals surface area contributed by atoms with Gasteiger partial charge < -0.3 is 14.8 Å². The van der Waals surface area contributed by atoms with Gasteiger partial charge in [0.1, 0.15) is 0 Å². The molecule has 33 heavy (non-hydrogen) atoms. The van der Waals surface area contributed by atoms with E-state index >= 15 is 0 Å². The molecule has 1 N–H and O–H groups in total. The fraction of sp³-hybridized carbons (Fsp3) is 0.250. The van der Waals surface area contributed by atoms with Crippen LogP contribution in [-0.2, 0) is 30.7 Å². The van der Waals surface area contributed by atoms with Crippen LogP contribution in [0.2, 0.25) is 0 Å². The van der Waals surface area contributed by atoms with Crippen LogP contribution in [0.15, 0.2) is 65.6 Å². The van der Waals surface area contributed by atoms with Gasteiger partial charge in [0.05, 0.1) is 29.3 Å². The van der Waals surface area contributed by atoms with E-state index in [-0.39, 0.29) is 24.7 Å². The zero-order chi connectivity index (χ0) is 23.8. The van der Waals surface area contributed by atoms with Crippen LogP contribution in [0.25, 0.3) is 17.0 Å². The van der Waals surface area contributed by atoms with Gasteiger partial charge in [0.2, 0.25) is 0 Å². The third-order valence-corrected chi connectivity index (χ3v) is 6.58. The number of hydrogen-bond acceptors (Lipinski definition) is 6. The Morgan fingerprint density at radius 1 is 0.970 bits per heavy atom. The van der Waals surface area contributed by atoms with Gasteiger partial charge in [-0.15, -0.1) is 0 Å². The Hall–Kier alpha value is -3.59. The molecule has 0 unspecified atom stereocenters. The molecular weight excluding hydrogens is 444 g/mol. The smallest absolute Gasteiger partial charge is 0.407 e. The predicted molar refractivity (Wildman–Crippen MR) is 125 cm³/mol. The first-order chi connectivity index (χ1) is 15.9. The molecule has 0 spiro atoms. The minimum atomic E-state index is -3.98. The van der Waals surface area contributed by atoms with Crippen molar-refractivity contribution in [3.63, 3.8) is 0 Å². The SMILES string of the molecule is CCOC(=O)/C=C/c1c(CCNC(=O)OCC)c2ccccc2n1S(=O)(=O)c1ccccc1. The largest absolute Gasteiger partial charge is 0.463 e. The van der Waals surface area contributed by atoms with Gasteiger partial charge in [-0.3, -0.25) is 0 Å². The minimum Gasteiger partial charge on any atom is -0.463 e. The number of alkyl carbamates (subject to hydrolysis) is 1. The van der Waals surface area contributed by atoms with Gasteiger partial charge in [0.15, 0.2) is 0 Å². The normalized spacial score (nSPS) is 11.6. The number of amides is 1. The van der Waals surface area contributed by atoms with Gasteiger partial charge in [-0.25, -0.2) is 22.0 Å². The summed E-state index contributed by atoms with van der Waals surface area (Å²) < 4.78 is 38.4. The average Bonchev–Trinajstić information content (AvgIpc) is 3.13. The highest BCUT2D eigenvalue weighted by Crippen LogP contribution is 2.31. The molecule has 1 heterocycles. The van der Waals surface area contributed by atoms with E-state index in [0.29, 0.717) is 28.6 Å². The van der Waals surface area contributed by atoms with Crippen molar-refractivity contribution < 1.29 is 27.5 Å². The first kappa shape index (κ1) is 24.1. The van der Waals surface area contributed by atoms with Crippen molar-refractivity contribution in [3.8, 4) is 0 Å².